The van der Waals surface area contributed by atoms with Gasteiger partial charge >= 0.3 is 0 Å². The molecule has 3 nitrogen and oxygen atoms in total. The van der Waals surface area contributed by atoms with Crippen LogP contribution in [0.5, 0.6) is 0 Å². The summed E-state index contributed by atoms with van der Waals surface area (Å²) in [6.45, 7) is 4.96. The van der Waals surface area contributed by atoms with Crippen LogP contribution in [-0.2, 0) is 6.54 Å². The Hall–Kier alpha value is -2.00. The minimum atomic E-state index is 0.702. The smallest absolute Gasteiger partial charge is 0.141 e. The number of fused-ring (bicyclic) bond motifs is 1. The first kappa shape index (κ1) is 13.0. The molecule has 102 valence electrons. The number of halogens is 1. The van der Waals surface area contributed by atoms with Crippen LogP contribution in [0, 0.1) is 6.92 Å². The highest BCUT2D eigenvalue weighted by Gasteiger charge is 2.12. The fourth-order valence-electron chi connectivity index (χ4n) is 2.42. The summed E-state index contributed by atoms with van der Waals surface area (Å²) in [6.07, 6.45) is 0. The van der Waals surface area contributed by atoms with Gasteiger partial charge in [-0.1, -0.05) is 23.7 Å². The highest BCUT2D eigenvalue weighted by molar-refractivity contribution is 6.31. The number of hydrogen-bond acceptors (Lipinski definition) is 2. The first-order valence-corrected chi connectivity index (χ1v) is 7.00. The summed E-state index contributed by atoms with van der Waals surface area (Å²) in [7, 11) is 0. The second-order valence-corrected chi connectivity index (χ2v) is 5.32. The van der Waals surface area contributed by atoms with Gasteiger partial charge in [0.05, 0.1) is 11.0 Å². The molecule has 1 heterocycles. The molecule has 0 radical (unpaired) electrons. The summed E-state index contributed by atoms with van der Waals surface area (Å²) < 4.78 is 2.18. The molecular formula is C16H16ClN3. The third-order valence-electron chi connectivity index (χ3n) is 3.56. The average molecular weight is 286 g/mol. The molecule has 0 saturated carbocycles. The molecular weight excluding hydrogens is 270 g/mol. The Bertz CT molecular complexity index is 790. The summed E-state index contributed by atoms with van der Waals surface area (Å²) in [6, 6.07) is 11.9. The van der Waals surface area contributed by atoms with Gasteiger partial charge in [0.15, 0.2) is 0 Å². The predicted molar refractivity (Wildman–Crippen MR) is 85.0 cm³/mol. The van der Waals surface area contributed by atoms with E-state index in [1.165, 1.54) is 0 Å². The molecule has 3 rings (SSSR count). The molecule has 0 atom stereocenters. The third-order valence-corrected chi connectivity index (χ3v) is 3.80. The van der Waals surface area contributed by atoms with Crippen molar-refractivity contribution in [2.75, 3.05) is 5.73 Å². The van der Waals surface area contributed by atoms with Gasteiger partial charge in [0.1, 0.15) is 5.82 Å². The van der Waals surface area contributed by atoms with Crippen LogP contribution in [0.1, 0.15) is 12.5 Å². The lowest BCUT2D eigenvalue weighted by molar-refractivity contribution is 0.796. The topological polar surface area (TPSA) is 43.8 Å². The van der Waals surface area contributed by atoms with Gasteiger partial charge in [-0.05, 0) is 43.7 Å². The highest BCUT2D eigenvalue weighted by atomic mass is 35.5. The highest BCUT2D eigenvalue weighted by Crippen LogP contribution is 2.28. The molecule has 4 heteroatoms. The number of nitrogen functional groups attached to an aromatic ring is 1. The van der Waals surface area contributed by atoms with E-state index in [4.69, 9.17) is 22.3 Å². The van der Waals surface area contributed by atoms with Crippen LogP contribution in [0.4, 0.5) is 5.69 Å². The van der Waals surface area contributed by atoms with Crippen molar-refractivity contribution in [3.63, 3.8) is 0 Å². The SMILES string of the molecule is CCn1c(-c2ccc(C)c(N)c2)nc2cc(Cl)ccc21. The summed E-state index contributed by atoms with van der Waals surface area (Å²) in [4.78, 5) is 4.71. The molecule has 0 aliphatic rings. The Balaban J connectivity index is 2.26. The van der Waals surface area contributed by atoms with Crippen molar-refractivity contribution >= 4 is 28.3 Å². The van der Waals surface area contributed by atoms with Crippen molar-refractivity contribution in [3.8, 4) is 11.4 Å². The normalized spacial score (nSPS) is 11.2. The first-order valence-electron chi connectivity index (χ1n) is 6.62. The van der Waals surface area contributed by atoms with E-state index in [0.717, 1.165) is 40.2 Å². The standard InChI is InChI=1S/C16H16ClN3/c1-3-20-15-7-6-12(17)9-14(15)19-16(20)11-5-4-10(2)13(18)8-11/h4-9H,3,18H2,1-2H3. The molecule has 0 bridgehead atoms. The Morgan fingerprint density at radius 3 is 2.70 bits per heavy atom. The zero-order chi connectivity index (χ0) is 14.3. The third kappa shape index (κ3) is 2.04. The van der Waals surface area contributed by atoms with Crippen LogP contribution in [0.2, 0.25) is 5.02 Å². The molecule has 0 fully saturated rings. The van der Waals surface area contributed by atoms with Gasteiger partial charge in [0.2, 0.25) is 0 Å². The van der Waals surface area contributed by atoms with Gasteiger partial charge in [-0.3, -0.25) is 0 Å². The molecule has 0 aliphatic carbocycles. The van der Waals surface area contributed by atoms with E-state index in [0.29, 0.717) is 5.02 Å². The maximum absolute atomic E-state index is 6.05. The number of benzene rings is 2. The molecule has 0 spiro atoms. The van der Waals surface area contributed by atoms with E-state index < -0.39 is 0 Å². The number of rotatable bonds is 2. The number of aromatic nitrogens is 2. The number of hydrogen-bond donors (Lipinski definition) is 1. The molecule has 0 amide bonds. The number of nitrogens with two attached hydrogens (primary N) is 1. The van der Waals surface area contributed by atoms with E-state index in [1.54, 1.807) is 0 Å². The van der Waals surface area contributed by atoms with Crippen molar-refractivity contribution in [1.29, 1.82) is 0 Å². The summed E-state index contributed by atoms with van der Waals surface area (Å²) in [5.41, 5.74) is 10.9. The fraction of sp³-hybridized carbons (Fsp3) is 0.188. The van der Waals surface area contributed by atoms with Crippen molar-refractivity contribution in [2.45, 2.75) is 20.4 Å². The molecule has 20 heavy (non-hydrogen) atoms. The van der Waals surface area contributed by atoms with E-state index >= 15 is 0 Å². The van der Waals surface area contributed by atoms with Crippen LogP contribution in [0.3, 0.4) is 0 Å². The minimum absolute atomic E-state index is 0.702. The van der Waals surface area contributed by atoms with Crippen LogP contribution in [-0.4, -0.2) is 9.55 Å². The molecule has 3 aromatic rings. The lowest BCUT2D eigenvalue weighted by atomic mass is 10.1. The average Bonchev–Trinajstić information content (AvgIpc) is 2.79. The molecule has 0 aliphatic heterocycles. The zero-order valence-corrected chi connectivity index (χ0v) is 12.3. The van der Waals surface area contributed by atoms with Gasteiger partial charge in [-0.25, -0.2) is 4.98 Å². The monoisotopic (exact) mass is 285 g/mol. The number of aryl methyl sites for hydroxylation is 2. The maximum atomic E-state index is 6.05. The number of imidazole rings is 1. The number of anilines is 1. The summed E-state index contributed by atoms with van der Waals surface area (Å²) >= 11 is 6.05. The van der Waals surface area contributed by atoms with E-state index in [1.807, 2.05) is 37.3 Å². The predicted octanol–water partition coefficient (Wildman–Crippen LogP) is 4.27. The Morgan fingerprint density at radius 2 is 2.00 bits per heavy atom. The molecule has 2 N–H and O–H groups in total. The van der Waals surface area contributed by atoms with E-state index in [-0.39, 0.29) is 0 Å². The van der Waals surface area contributed by atoms with Gasteiger partial charge in [-0.2, -0.15) is 0 Å². The summed E-state index contributed by atoms with van der Waals surface area (Å²) in [5.74, 6) is 0.927. The van der Waals surface area contributed by atoms with Crippen molar-refractivity contribution in [2.24, 2.45) is 0 Å². The Morgan fingerprint density at radius 1 is 1.20 bits per heavy atom. The van der Waals surface area contributed by atoms with E-state index in [9.17, 15) is 0 Å². The van der Waals surface area contributed by atoms with Crippen LogP contribution >= 0.6 is 11.6 Å². The van der Waals surface area contributed by atoms with Gasteiger partial charge in [-0.15, -0.1) is 0 Å². The second-order valence-electron chi connectivity index (χ2n) is 4.88. The number of nitrogens with zero attached hydrogens (tertiary/aromatic N) is 2. The second kappa shape index (κ2) is 4.84. The zero-order valence-electron chi connectivity index (χ0n) is 11.5. The maximum Gasteiger partial charge on any atom is 0.141 e. The van der Waals surface area contributed by atoms with Crippen molar-refractivity contribution < 1.29 is 0 Å². The van der Waals surface area contributed by atoms with E-state index in [2.05, 4.69) is 17.6 Å². The minimum Gasteiger partial charge on any atom is -0.398 e. The van der Waals surface area contributed by atoms with Crippen LogP contribution < -0.4 is 5.73 Å². The van der Waals surface area contributed by atoms with Crippen molar-refractivity contribution in [3.05, 3.63) is 47.0 Å². The van der Waals surface area contributed by atoms with Crippen LogP contribution in [0.25, 0.3) is 22.4 Å². The van der Waals surface area contributed by atoms with Gasteiger partial charge in [0.25, 0.3) is 0 Å². The summed E-state index contributed by atoms with van der Waals surface area (Å²) in [5, 5.41) is 0.702. The quantitative estimate of drug-likeness (QED) is 0.715. The molecule has 0 unspecified atom stereocenters. The van der Waals surface area contributed by atoms with Gasteiger partial charge in [0, 0.05) is 22.8 Å². The first-order chi connectivity index (χ1) is 9.60. The largest absolute Gasteiger partial charge is 0.398 e. The van der Waals surface area contributed by atoms with Gasteiger partial charge < -0.3 is 10.3 Å². The molecule has 0 saturated heterocycles. The molecule has 1 aromatic heterocycles. The van der Waals surface area contributed by atoms with Crippen molar-refractivity contribution in [1.82, 2.24) is 9.55 Å². The van der Waals surface area contributed by atoms with Crippen LogP contribution in [0.15, 0.2) is 36.4 Å². The lowest BCUT2D eigenvalue weighted by Gasteiger charge is -2.08. The Labute approximate surface area is 123 Å². The molecule has 2 aromatic carbocycles. The fourth-order valence-corrected chi connectivity index (χ4v) is 2.59. The Kier molecular flexibility index (Phi) is 3.14. The lowest BCUT2D eigenvalue weighted by Crippen LogP contribution is -1.98.